The third-order valence-electron chi connectivity index (χ3n) is 4.22. The minimum atomic E-state index is -0.849. The smallest absolute Gasteiger partial charge is 0.324 e. The summed E-state index contributed by atoms with van der Waals surface area (Å²) in [7, 11) is 0. The monoisotopic (exact) mass is 379 g/mol. The van der Waals surface area contributed by atoms with Crippen molar-refractivity contribution < 1.29 is 19.5 Å². The Kier molecular flexibility index (Phi) is 7.93. The Morgan fingerprint density at radius 2 is 2.08 bits per heavy atom. The number of carbonyl (C=O) groups is 3. The van der Waals surface area contributed by atoms with E-state index in [2.05, 4.69) is 10.6 Å². The number of rotatable bonds is 10. The summed E-state index contributed by atoms with van der Waals surface area (Å²) < 4.78 is 0. The van der Waals surface area contributed by atoms with Crippen LogP contribution in [-0.4, -0.2) is 65.1 Å². The molecule has 0 spiro atoms. The molecular formula is C18H25N3O4S. The maximum absolute atomic E-state index is 12.4. The second kappa shape index (κ2) is 10.2. The molecule has 0 radical (unpaired) electrons. The van der Waals surface area contributed by atoms with E-state index in [-0.39, 0.29) is 37.4 Å². The number of imide groups is 1. The lowest BCUT2D eigenvalue weighted by molar-refractivity contribution is -0.131. The number of benzene rings is 1. The van der Waals surface area contributed by atoms with Gasteiger partial charge in [-0.15, -0.1) is 0 Å². The van der Waals surface area contributed by atoms with Gasteiger partial charge in [-0.1, -0.05) is 30.3 Å². The second-order valence-corrected chi connectivity index (χ2v) is 7.15. The molecule has 1 saturated heterocycles. The highest BCUT2D eigenvalue weighted by Gasteiger charge is 2.38. The molecule has 142 valence electrons. The van der Waals surface area contributed by atoms with Gasteiger partial charge in [0.15, 0.2) is 0 Å². The van der Waals surface area contributed by atoms with Crippen molar-refractivity contribution in [2.24, 2.45) is 0 Å². The molecule has 4 amide bonds. The van der Waals surface area contributed by atoms with Gasteiger partial charge >= 0.3 is 6.03 Å². The molecule has 1 fully saturated rings. The van der Waals surface area contributed by atoms with Crippen LogP contribution in [-0.2, 0) is 16.0 Å². The van der Waals surface area contributed by atoms with Crippen LogP contribution < -0.4 is 10.6 Å². The van der Waals surface area contributed by atoms with Crippen molar-refractivity contribution in [3.63, 3.8) is 0 Å². The minimum Gasteiger partial charge on any atom is -0.394 e. The average Bonchev–Trinajstić information content (AvgIpc) is 2.90. The quantitative estimate of drug-likeness (QED) is 0.522. The number of urea groups is 1. The Balaban J connectivity index is 1.84. The molecule has 0 aromatic heterocycles. The third-order valence-corrected chi connectivity index (χ3v) is 4.86. The Hall–Kier alpha value is -2.06. The molecule has 0 unspecified atom stereocenters. The summed E-state index contributed by atoms with van der Waals surface area (Å²) in [6.07, 6.45) is 3.05. The Morgan fingerprint density at radius 1 is 1.35 bits per heavy atom. The van der Waals surface area contributed by atoms with Gasteiger partial charge in [0.25, 0.3) is 5.91 Å². The molecular weight excluding hydrogens is 354 g/mol. The maximum atomic E-state index is 12.4. The van der Waals surface area contributed by atoms with Gasteiger partial charge in [0.2, 0.25) is 5.91 Å². The summed E-state index contributed by atoms with van der Waals surface area (Å²) in [5.74, 6) is 0.0807. The topological polar surface area (TPSA) is 98.7 Å². The molecule has 8 heteroatoms. The molecule has 1 aromatic carbocycles. The van der Waals surface area contributed by atoms with Crippen molar-refractivity contribution in [2.75, 3.05) is 25.2 Å². The van der Waals surface area contributed by atoms with Crippen LogP contribution in [0.4, 0.5) is 4.79 Å². The molecule has 3 N–H and O–H groups in total. The van der Waals surface area contributed by atoms with E-state index in [1.807, 2.05) is 36.6 Å². The molecule has 0 saturated carbocycles. The van der Waals surface area contributed by atoms with Crippen LogP contribution in [0.15, 0.2) is 30.3 Å². The molecule has 1 heterocycles. The number of amides is 4. The molecule has 1 aliphatic heterocycles. The Morgan fingerprint density at radius 3 is 2.73 bits per heavy atom. The first-order valence-electron chi connectivity index (χ1n) is 8.60. The van der Waals surface area contributed by atoms with Gasteiger partial charge in [-0.2, -0.15) is 11.8 Å². The molecule has 2 atom stereocenters. The molecule has 2 rings (SSSR count). The zero-order valence-electron chi connectivity index (χ0n) is 14.8. The van der Waals surface area contributed by atoms with Crippen molar-refractivity contribution in [1.82, 2.24) is 15.5 Å². The Labute approximate surface area is 157 Å². The van der Waals surface area contributed by atoms with Crippen LogP contribution in [0.25, 0.3) is 0 Å². The normalized spacial score (nSPS) is 17.9. The largest absolute Gasteiger partial charge is 0.394 e. The van der Waals surface area contributed by atoms with E-state index < -0.39 is 12.1 Å². The summed E-state index contributed by atoms with van der Waals surface area (Å²) >= 11 is 1.63. The van der Waals surface area contributed by atoms with E-state index in [1.165, 1.54) is 0 Å². The first kappa shape index (κ1) is 20.3. The highest BCUT2D eigenvalue weighted by molar-refractivity contribution is 7.98. The third kappa shape index (κ3) is 5.74. The summed E-state index contributed by atoms with van der Waals surface area (Å²) in [6, 6.07) is 7.94. The van der Waals surface area contributed by atoms with Gasteiger partial charge in [0.1, 0.15) is 6.04 Å². The van der Waals surface area contributed by atoms with Gasteiger partial charge in [0.05, 0.1) is 19.1 Å². The van der Waals surface area contributed by atoms with Crippen LogP contribution in [0.2, 0.25) is 0 Å². The van der Waals surface area contributed by atoms with Crippen molar-refractivity contribution >= 4 is 29.6 Å². The summed E-state index contributed by atoms with van der Waals surface area (Å²) in [6.45, 7) is 0.125. The summed E-state index contributed by atoms with van der Waals surface area (Å²) in [4.78, 5) is 37.7. The number of aliphatic hydroxyl groups excluding tert-OH is 1. The second-order valence-electron chi connectivity index (χ2n) is 6.16. The standard InChI is InChI=1S/C18H25N3O4S/c1-26-10-8-14(12-22)19-16(23)11-15-17(24)21(18(25)20-15)9-7-13-5-3-2-4-6-13/h2-6,14-15,22H,7-12H2,1H3,(H,19,23)(H,20,25)/t14-,15-/m1/s1. The molecule has 1 aromatic rings. The van der Waals surface area contributed by atoms with Gasteiger partial charge in [-0.25, -0.2) is 4.79 Å². The van der Waals surface area contributed by atoms with Crippen LogP contribution in [0.5, 0.6) is 0 Å². The fourth-order valence-corrected chi connectivity index (χ4v) is 3.27. The molecule has 26 heavy (non-hydrogen) atoms. The van der Waals surface area contributed by atoms with Crippen LogP contribution in [0, 0.1) is 0 Å². The maximum Gasteiger partial charge on any atom is 0.324 e. The number of aliphatic hydroxyl groups is 1. The zero-order valence-corrected chi connectivity index (χ0v) is 15.6. The van der Waals surface area contributed by atoms with Gasteiger partial charge in [-0.3, -0.25) is 14.5 Å². The van der Waals surface area contributed by atoms with Crippen molar-refractivity contribution in [3.05, 3.63) is 35.9 Å². The van der Waals surface area contributed by atoms with Crippen LogP contribution in [0.1, 0.15) is 18.4 Å². The van der Waals surface area contributed by atoms with Gasteiger partial charge in [0, 0.05) is 6.54 Å². The van der Waals surface area contributed by atoms with E-state index in [0.717, 1.165) is 16.2 Å². The lowest BCUT2D eigenvalue weighted by Gasteiger charge is -2.17. The Bertz CT molecular complexity index is 626. The predicted octanol–water partition coefficient (Wildman–Crippen LogP) is 0.770. The molecule has 1 aliphatic rings. The van der Waals surface area contributed by atoms with Crippen LogP contribution in [0.3, 0.4) is 0 Å². The van der Waals surface area contributed by atoms with E-state index in [9.17, 15) is 19.5 Å². The molecule has 0 aliphatic carbocycles. The SMILES string of the molecule is CSCC[C@H](CO)NC(=O)C[C@H]1NC(=O)N(CCc2ccccc2)C1=O. The highest BCUT2D eigenvalue weighted by atomic mass is 32.2. The first-order valence-corrected chi connectivity index (χ1v) is 9.99. The number of carbonyl (C=O) groups excluding carboxylic acids is 3. The van der Waals surface area contributed by atoms with Gasteiger partial charge in [-0.05, 0) is 30.4 Å². The lowest BCUT2D eigenvalue weighted by atomic mass is 10.1. The van der Waals surface area contributed by atoms with Crippen molar-refractivity contribution in [1.29, 1.82) is 0 Å². The summed E-state index contributed by atoms with van der Waals surface area (Å²) in [5.41, 5.74) is 1.04. The molecule has 0 bridgehead atoms. The lowest BCUT2D eigenvalue weighted by Crippen LogP contribution is -2.42. The predicted molar refractivity (Wildman–Crippen MR) is 101 cm³/mol. The highest BCUT2D eigenvalue weighted by Crippen LogP contribution is 2.12. The van der Waals surface area contributed by atoms with E-state index in [0.29, 0.717) is 12.8 Å². The fourth-order valence-electron chi connectivity index (χ4n) is 2.75. The number of nitrogens with zero attached hydrogens (tertiary/aromatic N) is 1. The van der Waals surface area contributed by atoms with Crippen LogP contribution >= 0.6 is 11.8 Å². The number of hydrogen-bond acceptors (Lipinski definition) is 5. The summed E-state index contributed by atoms with van der Waals surface area (Å²) in [5, 5.41) is 14.6. The minimum absolute atomic E-state index is 0.123. The average molecular weight is 379 g/mol. The zero-order chi connectivity index (χ0) is 18.9. The number of thioether (sulfide) groups is 1. The number of hydrogen-bond donors (Lipinski definition) is 3. The van der Waals surface area contributed by atoms with E-state index in [4.69, 9.17) is 0 Å². The fraction of sp³-hybridized carbons (Fsp3) is 0.500. The van der Waals surface area contributed by atoms with E-state index in [1.54, 1.807) is 11.8 Å². The van der Waals surface area contributed by atoms with Crippen molar-refractivity contribution in [3.8, 4) is 0 Å². The molecule has 7 nitrogen and oxygen atoms in total. The van der Waals surface area contributed by atoms with E-state index >= 15 is 0 Å². The number of nitrogens with one attached hydrogen (secondary N) is 2. The first-order chi connectivity index (χ1) is 12.5. The van der Waals surface area contributed by atoms with Crippen molar-refractivity contribution in [2.45, 2.75) is 31.3 Å². The van der Waals surface area contributed by atoms with Gasteiger partial charge < -0.3 is 15.7 Å².